The molecule has 1 aliphatic heterocycles. The van der Waals surface area contributed by atoms with Gasteiger partial charge in [-0.2, -0.15) is 0 Å². The van der Waals surface area contributed by atoms with E-state index in [1.54, 1.807) is 7.11 Å². The minimum atomic E-state index is -1.69. The second-order valence-corrected chi connectivity index (χ2v) is 7.26. The summed E-state index contributed by atoms with van der Waals surface area (Å²) in [4.78, 5) is 10.5. The number of rotatable bonds is 2. The van der Waals surface area contributed by atoms with Gasteiger partial charge < -0.3 is 5.11 Å². The van der Waals surface area contributed by atoms with Crippen LogP contribution in [0.5, 0.6) is 5.75 Å². The van der Waals surface area contributed by atoms with Crippen molar-refractivity contribution in [3.05, 3.63) is 46.8 Å². The zero-order chi connectivity index (χ0) is 14.4. The topological polar surface area (TPSA) is 46.5 Å². The fourth-order valence-electron chi connectivity index (χ4n) is 1.70. The molecule has 0 saturated heterocycles. The maximum atomic E-state index is 10.5. The quantitative estimate of drug-likeness (QED) is 0.834. The molecule has 1 N–H and O–H groups in total. The fourth-order valence-corrected chi connectivity index (χ4v) is 3.60. The number of hydrogen-bond donors (Lipinski definition) is 1. The summed E-state index contributed by atoms with van der Waals surface area (Å²) in [7, 11) is -0.0193. The van der Waals surface area contributed by atoms with E-state index in [1.807, 2.05) is 49.9 Å². The molecule has 19 heavy (non-hydrogen) atoms. The minimum absolute atomic E-state index is 0.620. The molecule has 96 valence electrons. The molecular formula is C14H17LiO3Si. The fraction of sp³-hybridized carbons (Fsp3) is 0.214. The molecule has 0 radical (unpaired) electrons. The molecular weight excluding hydrogens is 251 g/mol. The van der Waals surface area contributed by atoms with Gasteiger partial charge in [-0.05, 0) is 13.8 Å². The zero-order valence-corrected chi connectivity index (χ0v) is 13.0. The van der Waals surface area contributed by atoms with Crippen LogP contribution < -0.4 is 8.97 Å². The van der Waals surface area contributed by atoms with E-state index < -0.39 is 14.4 Å². The third-order valence-corrected chi connectivity index (χ3v) is 5.65. The van der Waals surface area contributed by atoms with Gasteiger partial charge in [0, 0.05) is 0 Å². The molecule has 1 unspecified atom stereocenters. The van der Waals surface area contributed by atoms with Crippen LogP contribution >= 0.6 is 0 Å². The Morgan fingerprint density at radius 2 is 1.84 bits per heavy atom. The van der Waals surface area contributed by atoms with E-state index >= 15 is 0 Å². The second-order valence-electron chi connectivity index (χ2n) is 4.56. The Morgan fingerprint density at radius 1 is 1.26 bits per heavy atom. The molecule has 1 aromatic rings. The second kappa shape index (κ2) is 7.39. The Bertz CT molecular complexity index is 506. The van der Waals surface area contributed by atoms with Crippen LogP contribution in [-0.4, -0.2) is 44.3 Å². The van der Waals surface area contributed by atoms with Gasteiger partial charge in [0.1, 0.15) is 0 Å². The van der Waals surface area contributed by atoms with Crippen LogP contribution in [0.4, 0.5) is 4.79 Å². The molecule has 1 aliphatic rings. The summed E-state index contributed by atoms with van der Waals surface area (Å²) in [6.07, 6.45) is 1.92. The van der Waals surface area contributed by atoms with Crippen molar-refractivity contribution in [3.8, 4) is 5.75 Å². The van der Waals surface area contributed by atoms with Gasteiger partial charge in [0.25, 0.3) is 5.59 Å². The molecule has 0 bridgehead atoms. The molecule has 1 aromatic carbocycles. The Balaban J connectivity index is 0.000000191. The summed E-state index contributed by atoms with van der Waals surface area (Å²) < 4.78 is 6.23. The van der Waals surface area contributed by atoms with E-state index in [2.05, 4.69) is 17.7 Å². The number of benzene rings is 1. The number of carbonyl (C=O) groups is 1. The van der Waals surface area contributed by atoms with Crippen LogP contribution in [0.2, 0.25) is 0 Å². The Hall–Kier alpha value is -1.22. The van der Waals surface area contributed by atoms with Crippen LogP contribution in [0.1, 0.15) is 13.8 Å². The van der Waals surface area contributed by atoms with Crippen molar-refractivity contribution in [2.75, 3.05) is 7.11 Å². The van der Waals surface area contributed by atoms with E-state index in [-0.39, 0.29) is 0 Å². The number of carboxylic acid groups (broad SMARTS) is 1. The van der Waals surface area contributed by atoms with E-state index in [0.29, 0.717) is 0 Å². The molecule has 1 atom stereocenters. The van der Waals surface area contributed by atoms with E-state index in [9.17, 15) is 4.79 Å². The molecule has 1 heterocycles. The first kappa shape index (κ1) is 15.8. The molecule has 5 heteroatoms. The average molecular weight is 268 g/mol. The van der Waals surface area contributed by atoms with Crippen LogP contribution in [0.3, 0.4) is 0 Å². The van der Waals surface area contributed by atoms with Gasteiger partial charge in [0.05, 0.1) is 0 Å². The first-order chi connectivity index (χ1) is 8.95. The Kier molecular flexibility index (Phi) is 6.16. The Morgan fingerprint density at radius 3 is 2.16 bits per heavy atom. The molecule has 0 aromatic heterocycles. The molecule has 0 fully saturated rings. The van der Waals surface area contributed by atoms with Crippen molar-refractivity contribution < 1.29 is 14.6 Å². The third-order valence-electron chi connectivity index (χ3n) is 3.15. The number of ether oxygens (including phenoxy) is 1. The average Bonchev–Trinajstić information content (AvgIpc) is 2.72. The molecule has 0 amide bonds. The third kappa shape index (κ3) is 4.75. The van der Waals surface area contributed by atoms with Crippen molar-refractivity contribution >= 4 is 36.3 Å². The van der Waals surface area contributed by atoms with Gasteiger partial charge in [-0.25, -0.2) is 0 Å². The van der Waals surface area contributed by atoms with Gasteiger partial charge in [-0.1, -0.05) is 22.5 Å². The van der Waals surface area contributed by atoms with E-state index in [0.717, 1.165) is 16.5 Å². The first-order valence-corrected chi connectivity index (χ1v) is 7.97. The molecule has 0 saturated carbocycles. The zero-order valence-electron chi connectivity index (χ0n) is 11.8. The number of allylic oxidation sites excluding steroid dienone is 3. The SMILES string of the molecule is CC1=C(C)[SiH](C(=O)O)C=C1.[Li][c]1ccc(OC)cc1. The van der Waals surface area contributed by atoms with Crippen LogP contribution in [0, 0.1) is 0 Å². The van der Waals surface area contributed by atoms with Gasteiger partial charge in [-0.3, -0.25) is 4.79 Å². The predicted molar refractivity (Wildman–Crippen MR) is 81.1 cm³/mol. The van der Waals surface area contributed by atoms with E-state index in [1.165, 1.54) is 4.24 Å². The van der Waals surface area contributed by atoms with Gasteiger partial charge in [0.2, 0.25) is 8.80 Å². The monoisotopic (exact) mass is 268 g/mol. The summed E-state index contributed by atoms with van der Waals surface area (Å²) in [5.74, 6) is 0.917. The Labute approximate surface area is 124 Å². The summed E-state index contributed by atoms with van der Waals surface area (Å²) in [6.45, 7) is 3.88. The normalized spacial score (nSPS) is 17.0. The molecule has 2 rings (SSSR count). The molecule has 0 spiro atoms. The summed E-state index contributed by atoms with van der Waals surface area (Å²) in [6, 6.07) is 7.96. The standard InChI is InChI=1S/C7H10O2Si.C7H7O.Li/c1-5-3-4-10(6(5)2)7(8)9;1-8-7-5-3-2-4-6-7;/h3-4,10H,1-2H3,(H,8,9);3-6H,1H3;. The van der Waals surface area contributed by atoms with Crippen molar-refractivity contribution in [3.63, 3.8) is 0 Å². The summed E-state index contributed by atoms with van der Waals surface area (Å²) in [5.41, 5.74) is 2.37. The van der Waals surface area contributed by atoms with Crippen molar-refractivity contribution in [2.24, 2.45) is 0 Å². The molecule has 3 nitrogen and oxygen atoms in total. The van der Waals surface area contributed by atoms with Gasteiger partial charge >= 0.3 is 63.8 Å². The van der Waals surface area contributed by atoms with Gasteiger partial charge in [0.15, 0.2) is 0 Å². The van der Waals surface area contributed by atoms with E-state index in [4.69, 9.17) is 9.84 Å². The van der Waals surface area contributed by atoms with Crippen molar-refractivity contribution in [1.82, 2.24) is 0 Å². The molecule has 0 aliphatic carbocycles. The summed E-state index contributed by atoms with van der Waals surface area (Å²) in [5, 5.41) is 9.77. The van der Waals surface area contributed by atoms with Crippen LogP contribution in [0.15, 0.2) is 46.8 Å². The first-order valence-electron chi connectivity index (χ1n) is 6.14. The van der Waals surface area contributed by atoms with Crippen LogP contribution in [0.25, 0.3) is 0 Å². The predicted octanol–water partition coefficient (Wildman–Crippen LogP) is 1.95. The summed E-state index contributed by atoms with van der Waals surface area (Å²) >= 11 is 2.06. The van der Waals surface area contributed by atoms with Crippen LogP contribution in [-0.2, 0) is 0 Å². The van der Waals surface area contributed by atoms with Gasteiger partial charge in [-0.15, -0.1) is 0 Å². The number of methoxy groups -OCH3 is 1. The van der Waals surface area contributed by atoms with Crippen molar-refractivity contribution in [2.45, 2.75) is 13.8 Å². The van der Waals surface area contributed by atoms with Crippen molar-refractivity contribution in [1.29, 1.82) is 0 Å². The maximum absolute atomic E-state index is 10.5. The number of hydrogen-bond acceptors (Lipinski definition) is 2.